The number of hydrogen-bond acceptors (Lipinski definition) is 7. The number of rotatable bonds is 12. The van der Waals surface area contributed by atoms with E-state index in [0.29, 0.717) is 34.8 Å². The zero-order chi connectivity index (χ0) is 28.5. The lowest BCUT2D eigenvalue weighted by molar-refractivity contribution is -0.140. The van der Waals surface area contributed by atoms with Crippen LogP contribution in [0.3, 0.4) is 0 Å². The highest BCUT2D eigenvalue weighted by Crippen LogP contribution is 2.30. The van der Waals surface area contributed by atoms with Gasteiger partial charge < -0.3 is 19.7 Å². The molecule has 0 spiro atoms. The van der Waals surface area contributed by atoms with Crippen LogP contribution in [0.25, 0.3) is 11.1 Å². The van der Waals surface area contributed by atoms with Crippen LogP contribution in [0.1, 0.15) is 33.4 Å². The van der Waals surface area contributed by atoms with E-state index in [1.807, 2.05) is 24.3 Å². The van der Waals surface area contributed by atoms with Crippen LogP contribution in [-0.4, -0.2) is 33.8 Å². The lowest BCUT2D eigenvalue weighted by Gasteiger charge is -2.17. The fourth-order valence-electron chi connectivity index (χ4n) is 4.32. The molecule has 1 heterocycles. The van der Waals surface area contributed by atoms with E-state index < -0.39 is 18.6 Å². The minimum absolute atomic E-state index is 0.152. The third kappa shape index (κ3) is 7.03. The van der Waals surface area contributed by atoms with E-state index in [-0.39, 0.29) is 13.2 Å². The molecule has 0 bridgehead atoms. The van der Waals surface area contributed by atoms with Crippen molar-refractivity contribution in [2.45, 2.75) is 39.6 Å². The summed E-state index contributed by atoms with van der Waals surface area (Å²) in [5.41, 5.74) is 7.58. The molecule has 0 fully saturated rings. The molecule has 0 unspecified atom stereocenters. The van der Waals surface area contributed by atoms with Crippen LogP contribution in [0.15, 0.2) is 79.1 Å². The summed E-state index contributed by atoms with van der Waals surface area (Å²) >= 11 is 0. The number of hydrogen-bond donors (Lipinski definition) is 3. The van der Waals surface area contributed by atoms with Gasteiger partial charge in [0.05, 0.1) is 12.2 Å². The second kappa shape index (κ2) is 13.4. The zero-order valence-corrected chi connectivity index (χ0v) is 22.4. The molecule has 0 radical (unpaired) electrons. The monoisotopic (exact) mass is 537 g/mol. The van der Waals surface area contributed by atoms with Crippen molar-refractivity contribution in [1.29, 1.82) is 5.26 Å². The van der Waals surface area contributed by atoms with E-state index in [2.05, 4.69) is 48.4 Å². The largest absolute Gasteiger partial charge is 0.489 e. The van der Waals surface area contributed by atoms with Crippen molar-refractivity contribution in [3.05, 3.63) is 113 Å². The Labute approximate surface area is 233 Å². The first-order valence-corrected chi connectivity index (χ1v) is 12.8. The summed E-state index contributed by atoms with van der Waals surface area (Å²) in [6.45, 7) is 4.30. The first kappa shape index (κ1) is 28.3. The maximum atomic E-state index is 11.3. The van der Waals surface area contributed by atoms with Gasteiger partial charge in [0.25, 0.3) is 0 Å². The van der Waals surface area contributed by atoms with E-state index in [1.54, 1.807) is 30.5 Å². The number of aliphatic carboxylic acids is 1. The van der Waals surface area contributed by atoms with Crippen LogP contribution in [0.2, 0.25) is 0 Å². The van der Waals surface area contributed by atoms with Crippen LogP contribution < -0.4 is 14.8 Å². The van der Waals surface area contributed by atoms with E-state index in [1.165, 1.54) is 17.3 Å². The fraction of sp³-hybridized carbons (Fsp3) is 0.219. The molecule has 40 heavy (non-hydrogen) atoms. The fourth-order valence-corrected chi connectivity index (χ4v) is 4.32. The van der Waals surface area contributed by atoms with Crippen molar-refractivity contribution in [2.24, 2.45) is 0 Å². The summed E-state index contributed by atoms with van der Waals surface area (Å²) < 4.78 is 12.2. The molecule has 0 aliphatic heterocycles. The van der Waals surface area contributed by atoms with Crippen molar-refractivity contribution in [3.8, 4) is 28.7 Å². The SMILES string of the molecule is Cc1ccccc1-c1cccc(COc2ccc(CN[C@H](CO)C(=O)O)c(OCc3cncc(C#N)c3)c2)c1C. The second-order valence-electron chi connectivity index (χ2n) is 9.40. The van der Waals surface area contributed by atoms with Gasteiger partial charge in [0.2, 0.25) is 0 Å². The number of nitrogens with one attached hydrogen (secondary N) is 1. The molecule has 0 amide bonds. The summed E-state index contributed by atoms with van der Waals surface area (Å²) in [6, 6.07) is 22.5. The van der Waals surface area contributed by atoms with E-state index >= 15 is 0 Å². The Morgan fingerprint density at radius 1 is 0.975 bits per heavy atom. The standard InChI is InChI=1S/C32H31N3O5/c1-21-6-3-4-8-28(21)29-9-5-7-26(22(29)2)20-39-27-11-10-25(17-35-30(18-36)32(37)38)31(13-27)40-19-24-12-23(14-33)15-34-16-24/h3-13,15-16,30,35-36H,17-20H2,1-2H3,(H,37,38)/t30-/m1/s1. The highest BCUT2D eigenvalue weighted by atomic mass is 16.5. The number of nitrogens with zero attached hydrogens (tertiary/aromatic N) is 2. The average molecular weight is 538 g/mol. The Balaban J connectivity index is 1.54. The Kier molecular flexibility index (Phi) is 9.47. The van der Waals surface area contributed by atoms with Crippen molar-refractivity contribution < 1.29 is 24.5 Å². The van der Waals surface area contributed by atoms with Crippen LogP contribution in [-0.2, 0) is 24.6 Å². The molecule has 4 aromatic rings. The normalized spacial score (nSPS) is 11.4. The molecule has 3 N–H and O–H groups in total. The van der Waals surface area contributed by atoms with Gasteiger partial charge in [0, 0.05) is 36.1 Å². The van der Waals surface area contributed by atoms with Gasteiger partial charge in [0.15, 0.2) is 0 Å². The highest BCUT2D eigenvalue weighted by Gasteiger charge is 2.17. The Hall–Kier alpha value is -4.71. The van der Waals surface area contributed by atoms with Crippen LogP contribution in [0, 0.1) is 25.2 Å². The lowest BCUT2D eigenvalue weighted by Crippen LogP contribution is -2.39. The van der Waals surface area contributed by atoms with Gasteiger partial charge in [-0.15, -0.1) is 0 Å². The molecule has 3 aromatic carbocycles. The van der Waals surface area contributed by atoms with Crippen molar-refractivity contribution in [2.75, 3.05) is 6.61 Å². The van der Waals surface area contributed by atoms with Gasteiger partial charge in [0.1, 0.15) is 36.8 Å². The number of carbonyl (C=O) groups is 1. The molecular formula is C32H31N3O5. The molecular weight excluding hydrogens is 506 g/mol. The number of benzene rings is 3. The van der Waals surface area contributed by atoms with Gasteiger partial charge in [-0.2, -0.15) is 5.26 Å². The Bertz CT molecular complexity index is 1530. The Morgan fingerprint density at radius 2 is 1.77 bits per heavy atom. The summed E-state index contributed by atoms with van der Waals surface area (Å²) in [7, 11) is 0. The smallest absolute Gasteiger partial charge is 0.323 e. The van der Waals surface area contributed by atoms with E-state index in [0.717, 1.165) is 16.7 Å². The number of carboxylic acid groups (broad SMARTS) is 1. The number of nitriles is 1. The third-order valence-electron chi connectivity index (χ3n) is 6.65. The number of ether oxygens (including phenoxy) is 2. The molecule has 8 heteroatoms. The second-order valence-corrected chi connectivity index (χ2v) is 9.40. The summed E-state index contributed by atoms with van der Waals surface area (Å²) in [5.74, 6) is -0.0762. The van der Waals surface area contributed by atoms with Gasteiger partial charge in [-0.25, -0.2) is 0 Å². The maximum Gasteiger partial charge on any atom is 0.323 e. The molecule has 4 rings (SSSR count). The predicted molar refractivity (Wildman–Crippen MR) is 151 cm³/mol. The molecule has 204 valence electrons. The minimum Gasteiger partial charge on any atom is -0.489 e. The van der Waals surface area contributed by atoms with Crippen molar-refractivity contribution >= 4 is 5.97 Å². The maximum absolute atomic E-state index is 11.3. The van der Waals surface area contributed by atoms with Gasteiger partial charge in [-0.05, 0) is 53.8 Å². The molecule has 0 aliphatic carbocycles. The number of aryl methyl sites for hydroxylation is 1. The predicted octanol–water partition coefficient (Wildman–Crippen LogP) is 4.93. The van der Waals surface area contributed by atoms with E-state index in [9.17, 15) is 15.0 Å². The summed E-state index contributed by atoms with van der Waals surface area (Å²) in [6.07, 6.45) is 3.10. The first-order valence-electron chi connectivity index (χ1n) is 12.8. The molecule has 1 atom stereocenters. The van der Waals surface area contributed by atoms with Crippen LogP contribution >= 0.6 is 0 Å². The van der Waals surface area contributed by atoms with E-state index in [4.69, 9.17) is 14.7 Å². The minimum atomic E-state index is -1.15. The molecule has 1 aromatic heterocycles. The van der Waals surface area contributed by atoms with Gasteiger partial charge in [-0.3, -0.25) is 15.1 Å². The van der Waals surface area contributed by atoms with Gasteiger partial charge in [-0.1, -0.05) is 48.5 Å². The third-order valence-corrected chi connectivity index (χ3v) is 6.65. The molecule has 0 saturated heterocycles. The van der Waals surface area contributed by atoms with Crippen LogP contribution in [0.5, 0.6) is 11.5 Å². The molecule has 0 aliphatic rings. The molecule has 0 saturated carbocycles. The summed E-state index contributed by atoms with van der Waals surface area (Å²) in [4.78, 5) is 15.4. The Morgan fingerprint density at radius 3 is 2.52 bits per heavy atom. The highest BCUT2D eigenvalue weighted by molar-refractivity contribution is 5.73. The quantitative estimate of drug-likeness (QED) is 0.232. The molecule has 8 nitrogen and oxygen atoms in total. The zero-order valence-electron chi connectivity index (χ0n) is 22.4. The number of carboxylic acids is 1. The number of aliphatic hydroxyl groups excluding tert-OH is 1. The lowest BCUT2D eigenvalue weighted by atomic mass is 9.94. The van der Waals surface area contributed by atoms with Crippen molar-refractivity contribution in [1.82, 2.24) is 10.3 Å². The number of pyridine rings is 1. The number of aromatic nitrogens is 1. The van der Waals surface area contributed by atoms with Crippen molar-refractivity contribution in [3.63, 3.8) is 0 Å². The number of aliphatic hydroxyl groups is 1. The van der Waals surface area contributed by atoms with Crippen LogP contribution in [0.4, 0.5) is 0 Å². The van der Waals surface area contributed by atoms with Gasteiger partial charge >= 0.3 is 5.97 Å². The summed E-state index contributed by atoms with van der Waals surface area (Å²) in [5, 5.41) is 30.6. The average Bonchev–Trinajstić information content (AvgIpc) is 2.97. The topological polar surface area (TPSA) is 125 Å². The first-order chi connectivity index (χ1) is 19.4.